The topological polar surface area (TPSA) is 84.3 Å². The highest BCUT2D eigenvalue weighted by atomic mass is 32.2. The van der Waals surface area contributed by atoms with Crippen molar-refractivity contribution in [3.8, 4) is 12.3 Å². The second-order valence-corrected chi connectivity index (χ2v) is 8.60. The molecule has 0 radical (unpaired) electrons. The number of amides is 1. The Morgan fingerprint density at radius 2 is 2.11 bits per heavy atom. The quantitative estimate of drug-likeness (QED) is 0.662. The van der Waals surface area contributed by atoms with Crippen LogP contribution in [0.2, 0.25) is 0 Å². The van der Waals surface area contributed by atoms with E-state index in [1.165, 1.54) is 18.4 Å². The molecule has 0 atom stereocenters. The molecule has 8 heteroatoms. The molecule has 0 aliphatic rings. The van der Waals surface area contributed by atoms with E-state index in [0.717, 1.165) is 30.7 Å². The smallest absolute Gasteiger partial charge is 0.242 e. The van der Waals surface area contributed by atoms with Crippen molar-refractivity contribution in [2.75, 3.05) is 20.6 Å². The van der Waals surface area contributed by atoms with Gasteiger partial charge in [0.15, 0.2) is 0 Å². The first-order valence-corrected chi connectivity index (χ1v) is 10.4. The van der Waals surface area contributed by atoms with Gasteiger partial charge in [-0.1, -0.05) is 19.3 Å². The van der Waals surface area contributed by atoms with Crippen molar-refractivity contribution in [3.05, 3.63) is 24.0 Å². The van der Waals surface area contributed by atoms with Crippen molar-refractivity contribution < 1.29 is 13.2 Å². The lowest BCUT2D eigenvalue weighted by Crippen LogP contribution is -2.24. The minimum Gasteiger partial charge on any atom is -0.345 e. The number of fused-ring (bicyclic) bond motifs is 1. The zero-order valence-electron chi connectivity index (χ0n) is 16.0. The standard InChI is InChI=1S/C19H26N4O3S/c1-5-7-13-23-17-9-8-15(27(25,26)22(3)4)14-16(17)21-18(23)10-11-19(24)20-12-6-2/h2,8-9,14H,5,7,10-13H2,1,3-4H3,(H,20,24). The van der Waals surface area contributed by atoms with Crippen LogP contribution in [0, 0.1) is 12.3 Å². The highest BCUT2D eigenvalue weighted by Crippen LogP contribution is 2.23. The molecular formula is C19H26N4O3S. The molecule has 1 heterocycles. The fourth-order valence-electron chi connectivity index (χ4n) is 2.75. The summed E-state index contributed by atoms with van der Waals surface area (Å²) in [4.78, 5) is 16.7. The van der Waals surface area contributed by atoms with E-state index in [1.54, 1.807) is 18.2 Å². The Kier molecular flexibility index (Phi) is 6.99. The number of hydrogen-bond donors (Lipinski definition) is 1. The summed E-state index contributed by atoms with van der Waals surface area (Å²) in [6.07, 6.45) is 7.89. The Morgan fingerprint density at radius 1 is 1.37 bits per heavy atom. The number of nitrogens with one attached hydrogen (secondary N) is 1. The number of carbonyl (C=O) groups is 1. The Bertz CT molecular complexity index is 955. The largest absolute Gasteiger partial charge is 0.345 e. The summed E-state index contributed by atoms with van der Waals surface area (Å²) in [5.74, 6) is 3.02. The molecule has 2 rings (SSSR count). The Balaban J connectivity index is 2.37. The van der Waals surface area contributed by atoms with Crippen LogP contribution >= 0.6 is 0 Å². The van der Waals surface area contributed by atoms with E-state index in [4.69, 9.17) is 6.42 Å². The molecule has 2 aromatic rings. The fraction of sp³-hybridized carbons (Fsp3) is 0.474. The number of unbranched alkanes of at least 4 members (excludes halogenated alkanes) is 1. The van der Waals surface area contributed by atoms with Gasteiger partial charge in [0, 0.05) is 33.5 Å². The zero-order chi connectivity index (χ0) is 20.0. The molecule has 0 unspecified atom stereocenters. The molecule has 1 amide bonds. The Hall–Kier alpha value is -2.37. The first-order valence-electron chi connectivity index (χ1n) is 8.93. The number of terminal acetylenes is 1. The Morgan fingerprint density at radius 3 is 2.74 bits per heavy atom. The third kappa shape index (κ3) is 4.87. The van der Waals surface area contributed by atoms with E-state index < -0.39 is 10.0 Å². The summed E-state index contributed by atoms with van der Waals surface area (Å²) >= 11 is 0. The molecule has 27 heavy (non-hydrogen) atoms. The molecule has 0 saturated heterocycles. The molecule has 146 valence electrons. The monoisotopic (exact) mass is 390 g/mol. The minimum absolute atomic E-state index is 0.127. The molecule has 0 bridgehead atoms. The van der Waals surface area contributed by atoms with Crippen LogP contribution in [-0.2, 0) is 27.8 Å². The molecule has 1 aromatic carbocycles. The lowest BCUT2D eigenvalue weighted by Gasteiger charge is -2.11. The summed E-state index contributed by atoms with van der Waals surface area (Å²) in [7, 11) is -0.524. The van der Waals surface area contributed by atoms with Gasteiger partial charge in [0.05, 0.1) is 22.5 Å². The van der Waals surface area contributed by atoms with Crippen molar-refractivity contribution in [2.45, 2.75) is 44.0 Å². The van der Waals surface area contributed by atoms with E-state index in [0.29, 0.717) is 11.9 Å². The van der Waals surface area contributed by atoms with Crippen molar-refractivity contribution in [1.82, 2.24) is 19.2 Å². The number of carbonyl (C=O) groups excluding carboxylic acids is 1. The normalized spacial score (nSPS) is 11.7. The van der Waals surface area contributed by atoms with E-state index >= 15 is 0 Å². The summed E-state index contributed by atoms with van der Waals surface area (Å²) in [5, 5.41) is 2.64. The highest BCUT2D eigenvalue weighted by Gasteiger charge is 2.20. The maximum absolute atomic E-state index is 12.4. The predicted molar refractivity (Wildman–Crippen MR) is 106 cm³/mol. The average Bonchev–Trinajstić information content (AvgIpc) is 2.99. The summed E-state index contributed by atoms with van der Waals surface area (Å²) in [5.41, 5.74) is 1.49. The fourth-order valence-corrected chi connectivity index (χ4v) is 3.67. The number of aryl methyl sites for hydroxylation is 2. The van der Waals surface area contributed by atoms with Crippen LogP contribution in [-0.4, -0.2) is 48.8 Å². The third-order valence-corrected chi connectivity index (χ3v) is 6.09. The molecule has 1 aromatic heterocycles. The molecule has 0 aliphatic carbocycles. The second kappa shape index (κ2) is 9.02. The van der Waals surface area contributed by atoms with Crippen LogP contribution in [0.1, 0.15) is 32.0 Å². The first-order chi connectivity index (χ1) is 12.8. The third-order valence-electron chi connectivity index (χ3n) is 4.28. The lowest BCUT2D eigenvalue weighted by atomic mass is 10.2. The van der Waals surface area contributed by atoms with Gasteiger partial charge in [0.1, 0.15) is 5.82 Å². The Labute approximate surface area is 160 Å². The van der Waals surface area contributed by atoms with Gasteiger partial charge >= 0.3 is 0 Å². The molecule has 1 N–H and O–H groups in total. The summed E-state index contributed by atoms with van der Waals surface area (Å²) in [6, 6.07) is 4.98. The number of nitrogens with zero attached hydrogens (tertiary/aromatic N) is 3. The van der Waals surface area contributed by atoms with Crippen LogP contribution in [0.3, 0.4) is 0 Å². The van der Waals surface area contributed by atoms with Gasteiger partial charge in [-0.3, -0.25) is 4.79 Å². The minimum atomic E-state index is -3.52. The number of sulfonamides is 1. The molecule has 7 nitrogen and oxygen atoms in total. The van der Waals surface area contributed by atoms with Gasteiger partial charge < -0.3 is 9.88 Å². The zero-order valence-corrected chi connectivity index (χ0v) is 16.8. The predicted octanol–water partition coefficient (Wildman–Crippen LogP) is 1.77. The van der Waals surface area contributed by atoms with Gasteiger partial charge in [-0.05, 0) is 24.6 Å². The molecular weight excluding hydrogens is 364 g/mol. The van der Waals surface area contributed by atoms with Gasteiger partial charge in [-0.15, -0.1) is 6.42 Å². The van der Waals surface area contributed by atoms with Gasteiger partial charge in [-0.25, -0.2) is 17.7 Å². The van der Waals surface area contributed by atoms with E-state index in [1.807, 2.05) is 0 Å². The molecule has 0 saturated carbocycles. The van der Waals surface area contributed by atoms with Crippen LogP contribution in [0.25, 0.3) is 11.0 Å². The number of imidazole rings is 1. The van der Waals surface area contributed by atoms with E-state index in [2.05, 4.69) is 27.7 Å². The SMILES string of the molecule is C#CCNC(=O)CCc1nc2cc(S(=O)(=O)N(C)C)ccc2n1CCCC. The number of hydrogen-bond acceptors (Lipinski definition) is 4. The number of aromatic nitrogens is 2. The van der Waals surface area contributed by atoms with Crippen LogP contribution in [0.5, 0.6) is 0 Å². The van der Waals surface area contributed by atoms with Crippen LogP contribution < -0.4 is 5.32 Å². The first kappa shape index (κ1) is 20.9. The van der Waals surface area contributed by atoms with Gasteiger partial charge in [0.2, 0.25) is 15.9 Å². The number of rotatable bonds is 9. The highest BCUT2D eigenvalue weighted by molar-refractivity contribution is 7.89. The van der Waals surface area contributed by atoms with Crippen LogP contribution in [0.4, 0.5) is 0 Å². The maximum atomic E-state index is 12.4. The van der Waals surface area contributed by atoms with Crippen molar-refractivity contribution in [2.24, 2.45) is 0 Å². The van der Waals surface area contributed by atoms with E-state index in [9.17, 15) is 13.2 Å². The molecule has 0 spiro atoms. The second-order valence-electron chi connectivity index (χ2n) is 6.45. The summed E-state index contributed by atoms with van der Waals surface area (Å²) in [6.45, 7) is 3.08. The van der Waals surface area contributed by atoms with Gasteiger partial charge in [0.25, 0.3) is 0 Å². The lowest BCUT2D eigenvalue weighted by molar-refractivity contribution is -0.120. The average molecular weight is 391 g/mol. The van der Waals surface area contributed by atoms with Crippen molar-refractivity contribution >= 4 is 27.0 Å². The van der Waals surface area contributed by atoms with Gasteiger partial charge in [-0.2, -0.15) is 0 Å². The van der Waals surface area contributed by atoms with Crippen molar-refractivity contribution in [3.63, 3.8) is 0 Å². The molecule has 0 fully saturated rings. The molecule has 0 aliphatic heterocycles. The van der Waals surface area contributed by atoms with E-state index in [-0.39, 0.29) is 23.8 Å². The maximum Gasteiger partial charge on any atom is 0.242 e. The van der Waals surface area contributed by atoms with Crippen molar-refractivity contribution in [1.29, 1.82) is 0 Å². The summed E-state index contributed by atoms with van der Waals surface area (Å²) < 4.78 is 28.0. The van der Waals surface area contributed by atoms with Crippen LogP contribution in [0.15, 0.2) is 23.1 Å². The number of benzene rings is 1.